The second-order valence-electron chi connectivity index (χ2n) is 10.00. The molecular formula is C33H48O4. The molecule has 0 spiro atoms. The van der Waals surface area contributed by atoms with Crippen LogP contribution in [-0.2, 0) is 0 Å². The quantitative estimate of drug-likeness (QED) is 0.0772. The van der Waals surface area contributed by atoms with Crippen LogP contribution in [0.25, 0.3) is 0 Å². The van der Waals surface area contributed by atoms with E-state index < -0.39 is 0 Å². The summed E-state index contributed by atoms with van der Waals surface area (Å²) in [6.45, 7) is 7.51. The maximum absolute atomic E-state index is 12.5. The third kappa shape index (κ3) is 13.9. The molecule has 0 saturated heterocycles. The van der Waals surface area contributed by atoms with E-state index in [1.54, 1.807) is 42.7 Å². The van der Waals surface area contributed by atoms with Crippen molar-refractivity contribution in [3.8, 4) is 17.2 Å². The molecule has 2 aromatic carbocycles. The molecule has 1 atom stereocenters. The molecule has 4 heteroatoms. The van der Waals surface area contributed by atoms with E-state index in [1.807, 2.05) is 12.1 Å². The van der Waals surface area contributed by atoms with Crippen molar-refractivity contribution in [2.75, 3.05) is 6.61 Å². The van der Waals surface area contributed by atoms with Crippen molar-refractivity contribution >= 4 is 5.97 Å². The van der Waals surface area contributed by atoms with E-state index >= 15 is 0 Å². The Morgan fingerprint density at radius 2 is 1.38 bits per heavy atom. The Bertz CT molecular complexity index is 870. The Morgan fingerprint density at radius 1 is 0.757 bits per heavy atom. The normalized spacial score (nSPS) is 12.0. The Morgan fingerprint density at radius 3 is 2.08 bits per heavy atom. The summed E-state index contributed by atoms with van der Waals surface area (Å²) in [5.74, 6) is 2.41. The van der Waals surface area contributed by atoms with E-state index in [0.717, 1.165) is 30.3 Å². The Balaban J connectivity index is 1.62. The average Bonchev–Trinajstić information content (AvgIpc) is 2.92. The van der Waals surface area contributed by atoms with Gasteiger partial charge in [-0.05, 0) is 79.8 Å². The number of carbonyl (C=O) groups is 1. The summed E-state index contributed by atoms with van der Waals surface area (Å²) in [5.41, 5.74) is 0.495. The summed E-state index contributed by atoms with van der Waals surface area (Å²) in [7, 11) is 0. The van der Waals surface area contributed by atoms with Gasteiger partial charge in [0, 0.05) is 0 Å². The number of unbranched alkanes of at least 4 members (excludes halogenated alkanes) is 9. The SMILES string of the molecule is CCCCCCCCC/C=C/Oc1ccc(OC(=O)c2ccc(OCCCCC[C@@H](C)CC)cc2)cc1. The first-order chi connectivity index (χ1) is 18.1. The highest BCUT2D eigenvalue weighted by Crippen LogP contribution is 2.20. The average molecular weight is 509 g/mol. The number of allylic oxidation sites excluding steroid dienone is 1. The largest absolute Gasteiger partial charge is 0.494 e. The molecule has 0 fully saturated rings. The molecule has 0 aromatic heterocycles. The first-order valence-corrected chi connectivity index (χ1v) is 14.5. The first kappa shape index (κ1) is 30.5. The van der Waals surface area contributed by atoms with Gasteiger partial charge in [0.05, 0.1) is 18.4 Å². The second kappa shape index (κ2) is 19.4. The van der Waals surface area contributed by atoms with Gasteiger partial charge < -0.3 is 14.2 Å². The van der Waals surface area contributed by atoms with Crippen LogP contribution in [0.5, 0.6) is 17.2 Å². The van der Waals surface area contributed by atoms with Crippen LogP contribution in [0, 0.1) is 5.92 Å². The standard InChI is InChI=1S/C33H48O4/c1-4-6-7-8-9-10-11-12-15-26-36-31-22-24-32(25-23-31)37-33(34)29-18-20-30(21-19-29)35-27-16-13-14-17-28(3)5-2/h15,18-26,28H,4-14,16-17,27H2,1-3H3/b26-15+/t28-/m0/s1. The van der Waals surface area contributed by atoms with Crippen LogP contribution in [0.1, 0.15) is 115 Å². The van der Waals surface area contributed by atoms with E-state index in [2.05, 4.69) is 26.8 Å². The summed E-state index contributed by atoms with van der Waals surface area (Å²) in [4.78, 5) is 12.5. The number of hydrogen-bond acceptors (Lipinski definition) is 4. The molecule has 0 aliphatic heterocycles. The van der Waals surface area contributed by atoms with E-state index in [4.69, 9.17) is 14.2 Å². The number of ether oxygens (including phenoxy) is 3. The van der Waals surface area contributed by atoms with Gasteiger partial charge in [-0.1, -0.05) is 85.0 Å². The monoisotopic (exact) mass is 508 g/mol. The van der Waals surface area contributed by atoms with Gasteiger partial charge in [0.1, 0.15) is 17.2 Å². The summed E-state index contributed by atoms with van der Waals surface area (Å²) in [6, 6.07) is 14.2. The Kier molecular flexibility index (Phi) is 16.0. The molecule has 0 saturated carbocycles. The minimum Gasteiger partial charge on any atom is -0.494 e. The summed E-state index contributed by atoms with van der Waals surface area (Å²) in [5, 5.41) is 0. The second-order valence-corrected chi connectivity index (χ2v) is 10.00. The third-order valence-electron chi connectivity index (χ3n) is 6.71. The number of rotatable bonds is 20. The molecule has 4 nitrogen and oxygen atoms in total. The van der Waals surface area contributed by atoms with Gasteiger partial charge in [-0.15, -0.1) is 0 Å². The maximum Gasteiger partial charge on any atom is 0.343 e. The van der Waals surface area contributed by atoms with Crippen LogP contribution in [-0.4, -0.2) is 12.6 Å². The molecule has 37 heavy (non-hydrogen) atoms. The van der Waals surface area contributed by atoms with Crippen LogP contribution < -0.4 is 14.2 Å². The molecule has 2 rings (SSSR count). The van der Waals surface area contributed by atoms with E-state index in [0.29, 0.717) is 17.9 Å². The predicted molar refractivity (Wildman–Crippen MR) is 154 cm³/mol. The van der Waals surface area contributed by atoms with Crippen molar-refractivity contribution in [3.63, 3.8) is 0 Å². The summed E-state index contributed by atoms with van der Waals surface area (Å²) >= 11 is 0. The van der Waals surface area contributed by atoms with Crippen molar-refractivity contribution in [2.24, 2.45) is 5.92 Å². The predicted octanol–water partition coefficient (Wildman–Crippen LogP) is 9.92. The number of hydrogen-bond donors (Lipinski definition) is 0. The lowest BCUT2D eigenvalue weighted by molar-refractivity contribution is 0.0734. The Labute approximate surface area is 225 Å². The molecule has 0 aliphatic rings. The fourth-order valence-electron chi connectivity index (χ4n) is 4.02. The minimum absolute atomic E-state index is 0.389. The van der Waals surface area contributed by atoms with Gasteiger partial charge in [-0.2, -0.15) is 0 Å². The lowest BCUT2D eigenvalue weighted by atomic mass is 10.0. The zero-order valence-electron chi connectivity index (χ0n) is 23.4. The fourth-order valence-corrected chi connectivity index (χ4v) is 4.02. The van der Waals surface area contributed by atoms with Gasteiger partial charge in [-0.3, -0.25) is 0 Å². The zero-order chi connectivity index (χ0) is 26.6. The summed E-state index contributed by atoms with van der Waals surface area (Å²) < 4.78 is 17.0. The van der Waals surface area contributed by atoms with Crippen molar-refractivity contribution in [1.82, 2.24) is 0 Å². The lowest BCUT2D eigenvalue weighted by Gasteiger charge is -2.09. The zero-order valence-corrected chi connectivity index (χ0v) is 23.4. The highest BCUT2D eigenvalue weighted by Gasteiger charge is 2.09. The van der Waals surface area contributed by atoms with Crippen molar-refractivity contribution in [2.45, 2.75) is 104 Å². The van der Waals surface area contributed by atoms with Crippen LogP contribution in [0.15, 0.2) is 60.9 Å². The minimum atomic E-state index is -0.389. The van der Waals surface area contributed by atoms with E-state index in [1.165, 1.54) is 70.6 Å². The molecule has 0 aliphatic carbocycles. The smallest absolute Gasteiger partial charge is 0.343 e. The van der Waals surface area contributed by atoms with E-state index in [-0.39, 0.29) is 5.97 Å². The number of carbonyl (C=O) groups excluding carboxylic acids is 1. The molecule has 0 bridgehead atoms. The molecule has 204 valence electrons. The summed E-state index contributed by atoms with van der Waals surface area (Å²) in [6.07, 6.45) is 20.1. The van der Waals surface area contributed by atoms with E-state index in [9.17, 15) is 4.79 Å². The Hall–Kier alpha value is -2.75. The molecule has 0 radical (unpaired) electrons. The van der Waals surface area contributed by atoms with Crippen molar-refractivity contribution in [3.05, 3.63) is 66.4 Å². The topological polar surface area (TPSA) is 44.8 Å². The molecule has 2 aromatic rings. The van der Waals surface area contributed by atoms with Gasteiger partial charge in [-0.25, -0.2) is 4.79 Å². The fraction of sp³-hybridized carbons (Fsp3) is 0.545. The molecule has 0 amide bonds. The van der Waals surface area contributed by atoms with Gasteiger partial charge in [0.15, 0.2) is 0 Å². The van der Waals surface area contributed by atoms with Crippen molar-refractivity contribution < 1.29 is 19.0 Å². The number of benzene rings is 2. The van der Waals surface area contributed by atoms with Crippen molar-refractivity contribution in [1.29, 1.82) is 0 Å². The molecule has 0 N–H and O–H groups in total. The van der Waals surface area contributed by atoms with Crippen LogP contribution >= 0.6 is 0 Å². The van der Waals surface area contributed by atoms with Crippen LogP contribution in [0.3, 0.4) is 0 Å². The lowest BCUT2D eigenvalue weighted by Crippen LogP contribution is -2.08. The highest BCUT2D eigenvalue weighted by atomic mass is 16.5. The van der Waals surface area contributed by atoms with Crippen LogP contribution in [0.4, 0.5) is 0 Å². The maximum atomic E-state index is 12.5. The van der Waals surface area contributed by atoms with Crippen LogP contribution in [0.2, 0.25) is 0 Å². The highest BCUT2D eigenvalue weighted by molar-refractivity contribution is 5.91. The first-order valence-electron chi connectivity index (χ1n) is 14.5. The third-order valence-corrected chi connectivity index (χ3v) is 6.71. The van der Waals surface area contributed by atoms with Gasteiger partial charge in [0.2, 0.25) is 0 Å². The molecule has 0 heterocycles. The number of esters is 1. The molecule has 0 unspecified atom stereocenters. The van der Waals surface area contributed by atoms with Gasteiger partial charge in [0.25, 0.3) is 0 Å². The molecular weight excluding hydrogens is 460 g/mol. The van der Waals surface area contributed by atoms with Gasteiger partial charge >= 0.3 is 5.97 Å².